The number of rotatable bonds is 4. The molecular weight excluding hydrogens is 314 g/mol. The summed E-state index contributed by atoms with van der Waals surface area (Å²) in [4.78, 5) is 5.02. The molecule has 0 bridgehead atoms. The number of fused-ring (bicyclic) bond motifs is 2. The first-order chi connectivity index (χ1) is 12.1. The van der Waals surface area contributed by atoms with Crippen LogP contribution >= 0.6 is 0 Å². The minimum absolute atomic E-state index is 0.0832. The van der Waals surface area contributed by atoms with Crippen LogP contribution < -0.4 is 0 Å². The zero-order valence-electron chi connectivity index (χ0n) is 15.6. The standard InChI is InChI=1S/C19H29N5O/c1-4-15(2)12-23-9-7-19(8-10-23)14-22(3)13-17-20-21-18(24(17)19)16-6-5-11-25-16/h5-6,11,15H,4,7-10,12-14H2,1-3H3/t15-/m0/s1. The van der Waals surface area contributed by atoms with Crippen LogP contribution in [0.5, 0.6) is 0 Å². The third-order valence-corrected chi connectivity index (χ3v) is 5.98. The van der Waals surface area contributed by atoms with Crippen LogP contribution in [0.1, 0.15) is 38.9 Å². The van der Waals surface area contributed by atoms with Crippen LogP contribution in [0.4, 0.5) is 0 Å². The van der Waals surface area contributed by atoms with Gasteiger partial charge in [-0.05, 0) is 37.9 Å². The summed E-state index contributed by atoms with van der Waals surface area (Å²) >= 11 is 0. The summed E-state index contributed by atoms with van der Waals surface area (Å²) in [5.74, 6) is 3.55. The SMILES string of the molecule is CC[C@H](C)CN1CCC2(CC1)CN(C)Cc1nnc(-c3ccco3)n12. The topological polar surface area (TPSA) is 50.3 Å². The monoisotopic (exact) mass is 343 g/mol. The van der Waals surface area contributed by atoms with Crippen LogP contribution in [0, 0.1) is 5.92 Å². The molecule has 2 aliphatic rings. The molecule has 25 heavy (non-hydrogen) atoms. The van der Waals surface area contributed by atoms with Crippen LogP contribution in [0.3, 0.4) is 0 Å². The molecule has 6 heteroatoms. The Hall–Kier alpha value is -1.66. The van der Waals surface area contributed by atoms with Crippen molar-refractivity contribution >= 4 is 0 Å². The summed E-state index contributed by atoms with van der Waals surface area (Å²) in [5.41, 5.74) is 0.0832. The van der Waals surface area contributed by atoms with Crippen molar-refractivity contribution in [3.8, 4) is 11.6 Å². The first kappa shape index (κ1) is 16.8. The van der Waals surface area contributed by atoms with Gasteiger partial charge >= 0.3 is 0 Å². The second-order valence-corrected chi connectivity index (χ2v) is 7.96. The van der Waals surface area contributed by atoms with E-state index in [0.29, 0.717) is 0 Å². The highest BCUT2D eigenvalue weighted by atomic mass is 16.3. The van der Waals surface area contributed by atoms with Gasteiger partial charge in [0.25, 0.3) is 0 Å². The molecule has 2 aromatic rings. The smallest absolute Gasteiger partial charge is 0.200 e. The predicted molar refractivity (Wildman–Crippen MR) is 97.2 cm³/mol. The van der Waals surface area contributed by atoms with Crippen LogP contribution in [-0.2, 0) is 12.1 Å². The van der Waals surface area contributed by atoms with Crippen LogP contribution in [0.15, 0.2) is 22.8 Å². The van der Waals surface area contributed by atoms with E-state index >= 15 is 0 Å². The number of likely N-dealkylation sites (N-methyl/N-ethyl adjacent to an activating group) is 1. The summed E-state index contributed by atoms with van der Waals surface area (Å²) < 4.78 is 8.04. The quantitative estimate of drug-likeness (QED) is 0.854. The van der Waals surface area contributed by atoms with E-state index in [1.807, 2.05) is 12.1 Å². The van der Waals surface area contributed by atoms with E-state index in [1.54, 1.807) is 6.26 Å². The second-order valence-electron chi connectivity index (χ2n) is 7.96. The average molecular weight is 343 g/mol. The summed E-state index contributed by atoms with van der Waals surface area (Å²) in [6.07, 6.45) is 5.26. The van der Waals surface area contributed by atoms with E-state index in [2.05, 4.69) is 45.5 Å². The zero-order chi connectivity index (χ0) is 17.4. The molecule has 2 aliphatic heterocycles. The fourth-order valence-corrected chi connectivity index (χ4v) is 4.46. The Labute approximate surface area is 149 Å². The van der Waals surface area contributed by atoms with Gasteiger partial charge < -0.3 is 9.32 Å². The fourth-order valence-electron chi connectivity index (χ4n) is 4.46. The summed E-state index contributed by atoms with van der Waals surface area (Å²) in [7, 11) is 2.19. The lowest BCUT2D eigenvalue weighted by Gasteiger charge is -2.48. The number of nitrogens with zero attached hydrogens (tertiary/aromatic N) is 5. The van der Waals surface area contributed by atoms with Gasteiger partial charge in [0.15, 0.2) is 11.6 Å². The molecule has 4 heterocycles. The highest BCUT2D eigenvalue weighted by Crippen LogP contribution is 2.39. The first-order valence-electron chi connectivity index (χ1n) is 9.51. The minimum atomic E-state index is 0.0832. The van der Waals surface area contributed by atoms with Gasteiger partial charge in [-0.25, -0.2) is 0 Å². The van der Waals surface area contributed by atoms with E-state index in [-0.39, 0.29) is 5.54 Å². The lowest BCUT2D eigenvalue weighted by molar-refractivity contribution is 0.0465. The van der Waals surface area contributed by atoms with Crippen LogP contribution in [0.25, 0.3) is 11.6 Å². The molecule has 0 aromatic carbocycles. The van der Waals surface area contributed by atoms with E-state index in [0.717, 1.165) is 62.3 Å². The third-order valence-electron chi connectivity index (χ3n) is 5.98. The van der Waals surface area contributed by atoms with Crippen molar-refractivity contribution in [2.45, 2.75) is 45.2 Å². The van der Waals surface area contributed by atoms with Crippen molar-refractivity contribution in [2.75, 3.05) is 33.2 Å². The molecule has 1 saturated heterocycles. The van der Waals surface area contributed by atoms with Gasteiger partial charge in [-0.3, -0.25) is 9.47 Å². The Balaban J connectivity index is 1.63. The van der Waals surface area contributed by atoms with Gasteiger partial charge in [-0.2, -0.15) is 0 Å². The van der Waals surface area contributed by atoms with Gasteiger partial charge in [0.1, 0.15) is 5.82 Å². The molecular formula is C19H29N5O. The van der Waals surface area contributed by atoms with Gasteiger partial charge in [-0.1, -0.05) is 20.3 Å². The molecule has 0 unspecified atom stereocenters. The molecule has 0 N–H and O–H groups in total. The highest BCUT2D eigenvalue weighted by molar-refractivity contribution is 5.48. The first-order valence-corrected chi connectivity index (χ1v) is 9.51. The Morgan fingerprint density at radius 1 is 1.28 bits per heavy atom. The average Bonchev–Trinajstić information content (AvgIpc) is 3.26. The molecule has 2 aromatic heterocycles. The second kappa shape index (κ2) is 6.57. The van der Waals surface area contributed by atoms with Gasteiger partial charge in [0.2, 0.25) is 0 Å². The van der Waals surface area contributed by atoms with Gasteiger partial charge in [0.05, 0.1) is 18.3 Å². The molecule has 4 rings (SSSR count). The molecule has 1 atom stereocenters. The number of aromatic nitrogens is 3. The zero-order valence-corrected chi connectivity index (χ0v) is 15.6. The van der Waals surface area contributed by atoms with Crippen molar-refractivity contribution in [1.29, 1.82) is 0 Å². The van der Waals surface area contributed by atoms with Crippen molar-refractivity contribution in [2.24, 2.45) is 5.92 Å². The Kier molecular flexibility index (Phi) is 4.41. The molecule has 1 fully saturated rings. The maximum atomic E-state index is 5.65. The molecule has 0 radical (unpaired) electrons. The molecule has 136 valence electrons. The lowest BCUT2D eigenvalue weighted by Crippen LogP contribution is -2.55. The third kappa shape index (κ3) is 3.02. The lowest BCUT2D eigenvalue weighted by atomic mass is 9.84. The number of furan rings is 1. The van der Waals surface area contributed by atoms with Crippen molar-refractivity contribution in [3.63, 3.8) is 0 Å². The number of likely N-dealkylation sites (tertiary alicyclic amines) is 1. The fraction of sp³-hybridized carbons (Fsp3) is 0.684. The molecule has 0 aliphatic carbocycles. The Bertz CT molecular complexity index is 699. The van der Waals surface area contributed by atoms with E-state index in [4.69, 9.17) is 4.42 Å². The molecule has 6 nitrogen and oxygen atoms in total. The van der Waals surface area contributed by atoms with E-state index < -0.39 is 0 Å². The summed E-state index contributed by atoms with van der Waals surface area (Å²) in [6.45, 7) is 10.1. The number of piperidine rings is 1. The Morgan fingerprint density at radius 2 is 2.08 bits per heavy atom. The normalized spacial score (nSPS) is 22.2. The van der Waals surface area contributed by atoms with E-state index in [9.17, 15) is 0 Å². The maximum Gasteiger partial charge on any atom is 0.200 e. The van der Waals surface area contributed by atoms with Crippen molar-refractivity contribution in [3.05, 3.63) is 24.2 Å². The largest absolute Gasteiger partial charge is 0.461 e. The molecule has 0 saturated carbocycles. The number of hydrogen-bond donors (Lipinski definition) is 0. The highest BCUT2D eigenvalue weighted by Gasteiger charge is 2.43. The predicted octanol–water partition coefficient (Wildman–Crippen LogP) is 2.82. The summed E-state index contributed by atoms with van der Waals surface area (Å²) in [6, 6.07) is 3.91. The minimum Gasteiger partial charge on any atom is -0.461 e. The Morgan fingerprint density at radius 3 is 2.76 bits per heavy atom. The van der Waals surface area contributed by atoms with Gasteiger partial charge in [0, 0.05) is 26.2 Å². The molecule has 0 amide bonds. The maximum absolute atomic E-state index is 5.65. The van der Waals surface area contributed by atoms with Crippen molar-refractivity contribution in [1.82, 2.24) is 24.6 Å². The van der Waals surface area contributed by atoms with Crippen molar-refractivity contribution < 1.29 is 4.42 Å². The number of hydrogen-bond acceptors (Lipinski definition) is 5. The van der Waals surface area contributed by atoms with E-state index in [1.165, 1.54) is 13.0 Å². The summed E-state index contributed by atoms with van der Waals surface area (Å²) in [5, 5.41) is 8.97. The molecule has 1 spiro atoms. The van der Waals surface area contributed by atoms with Crippen LogP contribution in [-0.4, -0.2) is 57.8 Å². The van der Waals surface area contributed by atoms with Crippen LogP contribution in [0.2, 0.25) is 0 Å². The van der Waals surface area contributed by atoms with Gasteiger partial charge in [-0.15, -0.1) is 10.2 Å².